The SMILES string of the molecule is COC(=O)CN(Cc1c(C(=O)OC)cc(Br)c(=O)n1-c1ccccc1)S(=O)(=O)c1ccc(C)cc1. The van der Waals surface area contributed by atoms with Gasteiger partial charge in [-0.05, 0) is 53.2 Å². The lowest BCUT2D eigenvalue weighted by molar-refractivity contribution is -0.140. The number of sulfonamides is 1. The van der Waals surface area contributed by atoms with Crippen molar-refractivity contribution in [2.45, 2.75) is 18.4 Å². The zero-order valence-corrected chi connectivity index (χ0v) is 21.6. The topological polar surface area (TPSA) is 112 Å². The summed E-state index contributed by atoms with van der Waals surface area (Å²) in [5.41, 5.74) is 0.698. The van der Waals surface area contributed by atoms with Crippen LogP contribution in [0.15, 0.2) is 74.8 Å². The van der Waals surface area contributed by atoms with Gasteiger partial charge in [0.15, 0.2) is 0 Å². The summed E-state index contributed by atoms with van der Waals surface area (Å²) in [7, 11) is -1.93. The zero-order chi connectivity index (χ0) is 25.8. The molecule has 3 rings (SSSR count). The second-order valence-corrected chi connectivity index (χ2v) is 10.3. The number of hydrogen-bond acceptors (Lipinski definition) is 7. The molecule has 0 aliphatic heterocycles. The van der Waals surface area contributed by atoms with E-state index in [0.717, 1.165) is 17.0 Å². The van der Waals surface area contributed by atoms with Crippen LogP contribution in [0.2, 0.25) is 0 Å². The lowest BCUT2D eigenvalue weighted by atomic mass is 10.1. The first kappa shape index (κ1) is 26.3. The third-order valence-electron chi connectivity index (χ3n) is 5.20. The molecule has 1 heterocycles. The van der Waals surface area contributed by atoms with Gasteiger partial charge in [0.1, 0.15) is 6.54 Å². The van der Waals surface area contributed by atoms with E-state index >= 15 is 0 Å². The van der Waals surface area contributed by atoms with Crippen molar-refractivity contribution in [3.05, 3.63) is 92.3 Å². The Morgan fingerprint density at radius 3 is 2.20 bits per heavy atom. The average Bonchev–Trinajstić information content (AvgIpc) is 2.85. The van der Waals surface area contributed by atoms with Crippen LogP contribution in [0.5, 0.6) is 0 Å². The van der Waals surface area contributed by atoms with Gasteiger partial charge in [0.2, 0.25) is 10.0 Å². The highest BCUT2D eigenvalue weighted by molar-refractivity contribution is 9.10. The summed E-state index contributed by atoms with van der Waals surface area (Å²) < 4.78 is 38.9. The van der Waals surface area contributed by atoms with Gasteiger partial charge in [0.05, 0.1) is 41.4 Å². The number of ether oxygens (including phenoxy) is 2. The van der Waals surface area contributed by atoms with Crippen LogP contribution < -0.4 is 5.56 Å². The molecule has 0 saturated heterocycles. The molecule has 0 unspecified atom stereocenters. The second kappa shape index (κ2) is 11.0. The maximum atomic E-state index is 13.6. The third-order valence-corrected chi connectivity index (χ3v) is 7.57. The van der Waals surface area contributed by atoms with E-state index in [9.17, 15) is 22.8 Å². The fourth-order valence-electron chi connectivity index (χ4n) is 3.38. The molecule has 0 aliphatic carbocycles. The quantitative estimate of drug-likeness (QED) is 0.388. The van der Waals surface area contributed by atoms with Crippen molar-refractivity contribution in [1.29, 1.82) is 0 Å². The lowest BCUT2D eigenvalue weighted by Gasteiger charge is -2.25. The monoisotopic (exact) mass is 562 g/mol. The van der Waals surface area contributed by atoms with Gasteiger partial charge in [-0.15, -0.1) is 0 Å². The van der Waals surface area contributed by atoms with Gasteiger partial charge in [0, 0.05) is 5.69 Å². The summed E-state index contributed by atoms with van der Waals surface area (Å²) in [4.78, 5) is 38.0. The van der Waals surface area contributed by atoms with Crippen LogP contribution in [0, 0.1) is 6.92 Å². The number of para-hydroxylation sites is 1. The molecule has 3 aromatic rings. The Kier molecular flexibility index (Phi) is 8.26. The van der Waals surface area contributed by atoms with Crippen LogP contribution in [-0.2, 0) is 30.8 Å². The van der Waals surface area contributed by atoms with Gasteiger partial charge in [-0.1, -0.05) is 35.9 Å². The van der Waals surface area contributed by atoms with Gasteiger partial charge in [-0.3, -0.25) is 14.2 Å². The van der Waals surface area contributed by atoms with E-state index in [-0.39, 0.29) is 20.6 Å². The van der Waals surface area contributed by atoms with Gasteiger partial charge < -0.3 is 9.47 Å². The molecule has 0 bridgehead atoms. The Labute approximate surface area is 211 Å². The summed E-state index contributed by atoms with van der Waals surface area (Å²) in [6.07, 6.45) is 0. The number of esters is 2. The highest BCUT2D eigenvalue weighted by Crippen LogP contribution is 2.24. The van der Waals surface area contributed by atoms with E-state index < -0.39 is 40.6 Å². The Balaban J connectivity index is 2.28. The predicted octanol–water partition coefficient (Wildman–Crippen LogP) is 3.06. The van der Waals surface area contributed by atoms with Crippen molar-refractivity contribution in [1.82, 2.24) is 8.87 Å². The first-order valence-electron chi connectivity index (χ1n) is 10.3. The van der Waals surface area contributed by atoms with Crippen LogP contribution in [-0.4, -0.2) is 50.0 Å². The average molecular weight is 563 g/mol. The van der Waals surface area contributed by atoms with Crippen molar-refractivity contribution >= 4 is 37.9 Å². The molecular weight excluding hydrogens is 540 g/mol. The number of hydrogen-bond donors (Lipinski definition) is 0. The third kappa shape index (κ3) is 5.69. The molecule has 1 aromatic heterocycles. The number of aromatic nitrogens is 1. The van der Waals surface area contributed by atoms with Gasteiger partial charge in [-0.2, -0.15) is 4.31 Å². The van der Waals surface area contributed by atoms with E-state index in [1.807, 2.05) is 6.92 Å². The van der Waals surface area contributed by atoms with Crippen molar-refractivity contribution in [3.63, 3.8) is 0 Å². The molecule has 0 spiro atoms. The molecule has 0 amide bonds. The van der Waals surface area contributed by atoms with Gasteiger partial charge >= 0.3 is 11.9 Å². The van der Waals surface area contributed by atoms with E-state index in [1.165, 1.54) is 29.9 Å². The maximum Gasteiger partial charge on any atom is 0.339 e. The summed E-state index contributed by atoms with van der Waals surface area (Å²) in [5, 5.41) is 0. The molecule has 35 heavy (non-hydrogen) atoms. The highest BCUT2D eigenvalue weighted by Gasteiger charge is 2.31. The minimum absolute atomic E-state index is 0.0239. The van der Waals surface area contributed by atoms with Crippen molar-refractivity contribution in [2.24, 2.45) is 0 Å². The first-order valence-corrected chi connectivity index (χ1v) is 12.5. The fourth-order valence-corrected chi connectivity index (χ4v) is 5.13. The number of pyridine rings is 1. The van der Waals surface area contributed by atoms with Crippen molar-refractivity contribution < 1.29 is 27.5 Å². The Hall–Kier alpha value is -3.28. The number of rotatable bonds is 8. The van der Waals surface area contributed by atoms with Crippen LogP contribution in [0.25, 0.3) is 5.69 Å². The molecule has 2 aromatic carbocycles. The number of carbonyl (C=O) groups is 2. The van der Waals surface area contributed by atoms with E-state index in [1.54, 1.807) is 42.5 Å². The summed E-state index contributed by atoms with van der Waals surface area (Å²) in [5.74, 6) is -1.60. The molecule has 11 heteroatoms. The van der Waals surface area contributed by atoms with Crippen LogP contribution >= 0.6 is 15.9 Å². The molecule has 0 fully saturated rings. The molecule has 0 radical (unpaired) electrons. The molecule has 0 saturated carbocycles. The zero-order valence-electron chi connectivity index (χ0n) is 19.2. The number of aryl methyl sites for hydroxylation is 1. The van der Waals surface area contributed by atoms with Crippen LogP contribution in [0.4, 0.5) is 0 Å². The first-order chi connectivity index (χ1) is 16.6. The van der Waals surface area contributed by atoms with Gasteiger partial charge in [0.25, 0.3) is 5.56 Å². The maximum absolute atomic E-state index is 13.6. The van der Waals surface area contributed by atoms with E-state index in [4.69, 9.17) is 9.47 Å². The molecule has 0 atom stereocenters. The molecule has 9 nitrogen and oxygen atoms in total. The lowest BCUT2D eigenvalue weighted by Crippen LogP contribution is -2.38. The minimum atomic E-state index is -4.24. The molecule has 0 N–H and O–H groups in total. The second-order valence-electron chi connectivity index (χ2n) is 7.48. The summed E-state index contributed by atoms with van der Waals surface area (Å²) in [6.45, 7) is 0.672. The summed E-state index contributed by atoms with van der Waals surface area (Å²) >= 11 is 3.18. The molecule has 184 valence electrons. The van der Waals surface area contributed by atoms with Crippen molar-refractivity contribution in [3.8, 4) is 5.69 Å². The van der Waals surface area contributed by atoms with Gasteiger partial charge in [-0.25, -0.2) is 13.2 Å². The Morgan fingerprint density at radius 1 is 1.00 bits per heavy atom. The van der Waals surface area contributed by atoms with Crippen LogP contribution in [0.1, 0.15) is 21.6 Å². The number of halogens is 1. The predicted molar refractivity (Wildman–Crippen MR) is 132 cm³/mol. The number of nitrogens with zero attached hydrogens (tertiary/aromatic N) is 2. The highest BCUT2D eigenvalue weighted by atomic mass is 79.9. The number of carbonyl (C=O) groups excluding carboxylic acids is 2. The van der Waals surface area contributed by atoms with E-state index in [2.05, 4.69) is 15.9 Å². The fraction of sp³-hybridized carbons (Fsp3) is 0.208. The molecular formula is C24H23BrN2O7S. The largest absolute Gasteiger partial charge is 0.468 e. The number of benzene rings is 2. The summed E-state index contributed by atoms with van der Waals surface area (Å²) in [6, 6.07) is 15.8. The standard InChI is InChI=1S/C24H23BrN2O7S/c1-16-9-11-18(12-10-16)35(31,32)26(15-22(28)33-2)14-21-19(24(30)34-3)13-20(25)23(29)27(21)17-7-5-4-6-8-17/h4-13H,14-15H2,1-3H3. The Bertz CT molecular complexity index is 1400. The molecule has 0 aliphatic rings. The Morgan fingerprint density at radius 2 is 1.63 bits per heavy atom. The van der Waals surface area contributed by atoms with Crippen molar-refractivity contribution in [2.75, 3.05) is 20.8 Å². The van der Waals surface area contributed by atoms with Crippen LogP contribution in [0.3, 0.4) is 0 Å². The van der Waals surface area contributed by atoms with E-state index in [0.29, 0.717) is 5.69 Å². The number of methoxy groups -OCH3 is 2. The minimum Gasteiger partial charge on any atom is -0.468 e. The normalized spacial score (nSPS) is 11.3. The smallest absolute Gasteiger partial charge is 0.339 e.